The Balaban J connectivity index is 1.37. The topological polar surface area (TPSA) is 41.9 Å². The second-order valence-electron chi connectivity index (χ2n) is 9.42. The molecule has 0 amide bonds. The van der Waals surface area contributed by atoms with Crippen molar-refractivity contribution < 1.29 is 0 Å². The normalized spacial score (nSPS) is 20.7. The average Bonchev–Trinajstić information content (AvgIpc) is 3.43. The van der Waals surface area contributed by atoms with E-state index in [-0.39, 0.29) is 17.0 Å². The maximum absolute atomic E-state index is 4.73. The van der Waals surface area contributed by atoms with E-state index in [1.54, 1.807) is 0 Å². The summed E-state index contributed by atoms with van der Waals surface area (Å²) in [5, 5.41) is 12.1. The van der Waals surface area contributed by atoms with Crippen LogP contribution < -0.4 is 10.6 Å². The van der Waals surface area contributed by atoms with Gasteiger partial charge in [-0.25, -0.2) is 4.68 Å². The molecule has 2 aromatic carbocycles. The summed E-state index contributed by atoms with van der Waals surface area (Å²) >= 11 is 0. The number of aromatic nitrogens is 2. The Hall–Kier alpha value is -3.01. The van der Waals surface area contributed by atoms with Gasteiger partial charge in [0.2, 0.25) is 0 Å². The standard InChI is InChI=1S/C26H30N4/c1-19(27-18-26(14-15-26)21-12-8-5-9-13-21)22-17-28-30-24(22)29-23(16-25(30,2)3)20-10-6-4-7-11-20/h4-13,17,23,27,29H,1,14-16,18H2,2-3H3. The Morgan fingerprint density at radius 2 is 1.77 bits per heavy atom. The van der Waals surface area contributed by atoms with E-state index in [2.05, 4.69) is 96.4 Å². The summed E-state index contributed by atoms with van der Waals surface area (Å²) in [5.74, 6) is 1.06. The second-order valence-corrected chi connectivity index (χ2v) is 9.42. The maximum Gasteiger partial charge on any atom is 0.134 e. The van der Waals surface area contributed by atoms with Crippen LogP contribution in [0, 0.1) is 0 Å². The lowest BCUT2D eigenvalue weighted by Crippen LogP contribution is -2.38. The van der Waals surface area contributed by atoms with Crippen LogP contribution in [-0.2, 0) is 11.0 Å². The summed E-state index contributed by atoms with van der Waals surface area (Å²) in [6.07, 6.45) is 5.40. The first-order chi connectivity index (χ1) is 14.5. The summed E-state index contributed by atoms with van der Waals surface area (Å²) in [5.41, 5.74) is 4.91. The molecule has 2 N–H and O–H groups in total. The third-order valence-electron chi connectivity index (χ3n) is 6.76. The Labute approximate surface area is 179 Å². The van der Waals surface area contributed by atoms with Gasteiger partial charge in [-0.05, 0) is 44.2 Å². The van der Waals surface area contributed by atoms with Crippen molar-refractivity contribution >= 4 is 11.5 Å². The summed E-state index contributed by atoms with van der Waals surface area (Å²) in [6.45, 7) is 9.80. The van der Waals surface area contributed by atoms with Crippen LogP contribution in [0.25, 0.3) is 5.70 Å². The highest BCUT2D eigenvalue weighted by Crippen LogP contribution is 2.48. The van der Waals surface area contributed by atoms with Crippen molar-refractivity contribution in [1.82, 2.24) is 15.1 Å². The first-order valence-electron chi connectivity index (χ1n) is 10.9. The molecule has 5 rings (SSSR count). The molecular formula is C26H30N4. The van der Waals surface area contributed by atoms with Crippen molar-refractivity contribution in [2.24, 2.45) is 0 Å². The Morgan fingerprint density at radius 1 is 1.10 bits per heavy atom. The Bertz CT molecular complexity index is 1050. The van der Waals surface area contributed by atoms with Crippen LogP contribution in [0.2, 0.25) is 0 Å². The molecule has 4 nitrogen and oxygen atoms in total. The average molecular weight is 399 g/mol. The number of hydrogen-bond acceptors (Lipinski definition) is 3. The van der Waals surface area contributed by atoms with E-state index >= 15 is 0 Å². The fourth-order valence-electron chi connectivity index (χ4n) is 4.74. The molecule has 1 unspecified atom stereocenters. The summed E-state index contributed by atoms with van der Waals surface area (Å²) < 4.78 is 2.12. The molecule has 0 saturated heterocycles. The van der Waals surface area contributed by atoms with E-state index in [1.807, 2.05) is 6.20 Å². The molecule has 4 heteroatoms. The molecule has 1 aliphatic carbocycles. The van der Waals surface area contributed by atoms with Gasteiger partial charge in [0.1, 0.15) is 5.82 Å². The number of rotatable bonds is 6. The zero-order chi connectivity index (χ0) is 20.8. The van der Waals surface area contributed by atoms with E-state index in [0.29, 0.717) is 0 Å². The quantitative estimate of drug-likeness (QED) is 0.579. The fourth-order valence-corrected chi connectivity index (χ4v) is 4.74. The molecular weight excluding hydrogens is 368 g/mol. The van der Waals surface area contributed by atoms with Gasteiger partial charge in [-0.3, -0.25) is 0 Å². The number of anilines is 1. The van der Waals surface area contributed by atoms with Gasteiger partial charge in [-0.2, -0.15) is 5.10 Å². The third kappa shape index (κ3) is 3.30. The van der Waals surface area contributed by atoms with Crippen LogP contribution in [0.15, 0.2) is 73.4 Å². The largest absolute Gasteiger partial charge is 0.384 e. The molecule has 3 aromatic rings. The van der Waals surface area contributed by atoms with Gasteiger partial charge in [-0.1, -0.05) is 67.2 Å². The molecule has 0 bridgehead atoms. The van der Waals surface area contributed by atoms with Crippen LogP contribution in [0.1, 0.15) is 55.8 Å². The van der Waals surface area contributed by atoms with Crippen LogP contribution in [-0.4, -0.2) is 16.3 Å². The maximum atomic E-state index is 4.73. The zero-order valence-electron chi connectivity index (χ0n) is 17.9. The summed E-state index contributed by atoms with van der Waals surface area (Å²) in [7, 11) is 0. The highest BCUT2D eigenvalue weighted by Gasteiger charge is 2.44. The Morgan fingerprint density at radius 3 is 2.43 bits per heavy atom. The van der Waals surface area contributed by atoms with Crippen molar-refractivity contribution in [2.75, 3.05) is 11.9 Å². The molecule has 154 valence electrons. The van der Waals surface area contributed by atoms with Crippen molar-refractivity contribution in [3.63, 3.8) is 0 Å². The van der Waals surface area contributed by atoms with E-state index < -0.39 is 0 Å². The molecule has 2 heterocycles. The van der Waals surface area contributed by atoms with Crippen LogP contribution >= 0.6 is 0 Å². The van der Waals surface area contributed by atoms with Gasteiger partial charge >= 0.3 is 0 Å². The lowest BCUT2D eigenvalue weighted by atomic mass is 9.89. The van der Waals surface area contributed by atoms with Gasteiger partial charge in [0.05, 0.1) is 23.3 Å². The zero-order valence-corrected chi connectivity index (χ0v) is 17.9. The molecule has 2 aliphatic rings. The minimum absolute atomic E-state index is 0.0681. The summed E-state index contributed by atoms with van der Waals surface area (Å²) in [4.78, 5) is 0. The number of nitrogens with zero attached hydrogens (tertiary/aromatic N) is 2. The molecule has 0 radical (unpaired) electrons. The van der Waals surface area contributed by atoms with Gasteiger partial charge in [0, 0.05) is 17.7 Å². The van der Waals surface area contributed by atoms with E-state index in [4.69, 9.17) is 5.10 Å². The van der Waals surface area contributed by atoms with Crippen LogP contribution in [0.3, 0.4) is 0 Å². The van der Waals surface area contributed by atoms with Crippen molar-refractivity contribution in [1.29, 1.82) is 0 Å². The lowest BCUT2D eigenvalue weighted by molar-refractivity contribution is 0.263. The first kappa shape index (κ1) is 19.0. The molecule has 1 fully saturated rings. The van der Waals surface area contributed by atoms with Crippen molar-refractivity contribution in [3.05, 3.63) is 90.1 Å². The number of benzene rings is 2. The number of hydrogen-bond donors (Lipinski definition) is 2. The minimum Gasteiger partial charge on any atom is -0.384 e. The molecule has 0 spiro atoms. The number of nitrogens with one attached hydrogen (secondary N) is 2. The monoisotopic (exact) mass is 398 g/mol. The minimum atomic E-state index is -0.0681. The van der Waals surface area contributed by atoms with Gasteiger partial charge < -0.3 is 10.6 Å². The van der Waals surface area contributed by atoms with Crippen LogP contribution in [0.5, 0.6) is 0 Å². The second kappa shape index (κ2) is 7.05. The molecule has 1 aromatic heterocycles. The van der Waals surface area contributed by atoms with Gasteiger partial charge in [-0.15, -0.1) is 0 Å². The molecule has 1 atom stereocenters. The predicted molar refractivity (Wildman–Crippen MR) is 123 cm³/mol. The number of fused-ring (bicyclic) bond motifs is 1. The highest BCUT2D eigenvalue weighted by molar-refractivity contribution is 5.72. The molecule has 30 heavy (non-hydrogen) atoms. The predicted octanol–water partition coefficient (Wildman–Crippen LogP) is 5.47. The Kier molecular flexibility index (Phi) is 4.46. The fraction of sp³-hybridized carbons (Fsp3) is 0.346. The summed E-state index contributed by atoms with van der Waals surface area (Å²) in [6, 6.07) is 21.8. The molecule has 1 saturated carbocycles. The van der Waals surface area contributed by atoms with Crippen molar-refractivity contribution in [2.45, 2.75) is 50.1 Å². The first-order valence-corrected chi connectivity index (χ1v) is 10.9. The van der Waals surface area contributed by atoms with E-state index in [0.717, 1.165) is 30.0 Å². The van der Waals surface area contributed by atoms with E-state index in [9.17, 15) is 0 Å². The van der Waals surface area contributed by atoms with Crippen LogP contribution in [0.4, 0.5) is 5.82 Å². The van der Waals surface area contributed by atoms with E-state index in [1.165, 1.54) is 24.0 Å². The highest BCUT2D eigenvalue weighted by atomic mass is 15.4. The molecule has 1 aliphatic heterocycles. The van der Waals surface area contributed by atoms with Crippen molar-refractivity contribution in [3.8, 4) is 0 Å². The SMILES string of the molecule is C=C(NCC1(c2ccccc2)CC1)c1cnn2c1NC(c1ccccc1)CC2(C)C. The van der Waals surface area contributed by atoms with Gasteiger partial charge in [0.25, 0.3) is 0 Å². The smallest absolute Gasteiger partial charge is 0.134 e. The van der Waals surface area contributed by atoms with Gasteiger partial charge in [0.15, 0.2) is 0 Å². The lowest BCUT2D eigenvalue weighted by Gasteiger charge is -2.38. The third-order valence-corrected chi connectivity index (χ3v) is 6.76.